The highest BCUT2D eigenvalue weighted by Crippen LogP contribution is 2.23. The maximum atomic E-state index is 13.8. The Hall–Kier alpha value is -2.43. The van der Waals surface area contributed by atoms with Crippen molar-refractivity contribution in [1.82, 2.24) is 4.98 Å². The number of anilines is 1. The first-order valence-corrected chi connectivity index (χ1v) is 5.32. The molecule has 0 bridgehead atoms. The van der Waals surface area contributed by atoms with E-state index in [1.54, 1.807) is 25.1 Å². The van der Waals surface area contributed by atoms with Crippen LogP contribution >= 0.6 is 0 Å². The van der Waals surface area contributed by atoms with Gasteiger partial charge in [-0.25, -0.2) is 9.37 Å². The second kappa shape index (κ2) is 4.44. The van der Waals surface area contributed by atoms with Crippen LogP contribution in [0.5, 0.6) is 0 Å². The zero-order chi connectivity index (χ0) is 13.3. The van der Waals surface area contributed by atoms with Crippen molar-refractivity contribution in [2.24, 2.45) is 5.73 Å². The fourth-order valence-electron chi connectivity index (χ4n) is 1.65. The van der Waals surface area contributed by atoms with Gasteiger partial charge in [-0.3, -0.25) is 4.79 Å². The van der Waals surface area contributed by atoms with E-state index >= 15 is 0 Å². The van der Waals surface area contributed by atoms with E-state index in [0.29, 0.717) is 11.3 Å². The maximum Gasteiger partial charge on any atom is 0.269 e. The zero-order valence-electron chi connectivity index (χ0n) is 9.77. The third-order valence-corrected chi connectivity index (χ3v) is 2.56. The lowest BCUT2D eigenvalue weighted by molar-refractivity contribution is 0.0996. The number of amides is 1. The lowest BCUT2D eigenvalue weighted by Crippen LogP contribution is -2.16. The first-order valence-electron chi connectivity index (χ1n) is 5.32. The molecule has 4 nitrogen and oxygen atoms in total. The van der Waals surface area contributed by atoms with Crippen LogP contribution in [0.2, 0.25) is 0 Å². The largest absolute Gasteiger partial charge is 0.397 e. The number of nitrogens with zero attached hydrogens (tertiary/aromatic N) is 1. The summed E-state index contributed by atoms with van der Waals surface area (Å²) in [5.74, 6) is -1.13. The molecule has 18 heavy (non-hydrogen) atoms. The van der Waals surface area contributed by atoms with Crippen molar-refractivity contribution in [2.45, 2.75) is 6.92 Å². The molecule has 0 fully saturated rings. The predicted molar refractivity (Wildman–Crippen MR) is 67.3 cm³/mol. The summed E-state index contributed by atoms with van der Waals surface area (Å²) in [7, 11) is 0. The summed E-state index contributed by atoms with van der Waals surface area (Å²) >= 11 is 0. The Morgan fingerprint density at radius 3 is 2.61 bits per heavy atom. The summed E-state index contributed by atoms with van der Waals surface area (Å²) in [6.07, 6.45) is 0. The Kier molecular flexibility index (Phi) is 2.97. The molecule has 0 spiro atoms. The highest BCUT2D eigenvalue weighted by Gasteiger charge is 2.12. The molecule has 0 atom stereocenters. The van der Waals surface area contributed by atoms with Crippen LogP contribution in [0.25, 0.3) is 11.3 Å². The number of nitrogen functional groups attached to an aromatic ring is 1. The molecule has 0 unspecified atom stereocenters. The average Bonchev–Trinajstić information content (AvgIpc) is 2.30. The monoisotopic (exact) mass is 245 g/mol. The number of pyridine rings is 1. The van der Waals surface area contributed by atoms with Gasteiger partial charge >= 0.3 is 0 Å². The summed E-state index contributed by atoms with van der Waals surface area (Å²) in [4.78, 5) is 15.1. The normalized spacial score (nSPS) is 10.3. The number of aromatic nitrogens is 1. The lowest BCUT2D eigenvalue weighted by Gasteiger charge is -2.06. The first kappa shape index (κ1) is 12.0. The van der Waals surface area contributed by atoms with Gasteiger partial charge in [0.1, 0.15) is 5.82 Å². The van der Waals surface area contributed by atoms with E-state index in [2.05, 4.69) is 4.98 Å². The van der Waals surface area contributed by atoms with E-state index in [-0.39, 0.29) is 11.4 Å². The number of hydrogen-bond acceptors (Lipinski definition) is 3. The van der Waals surface area contributed by atoms with E-state index in [1.807, 2.05) is 0 Å². The van der Waals surface area contributed by atoms with E-state index in [0.717, 1.165) is 5.56 Å². The fourth-order valence-corrected chi connectivity index (χ4v) is 1.65. The van der Waals surface area contributed by atoms with E-state index < -0.39 is 11.7 Å². The molecule has 92 valence electrons. The molecule has 0 saturated heterocycles. The molecule has 1 amide bonds. The molecular formula is C13H12FN3O. The zero-order valence-corrected chi connectivity index (χ0v) is 9.77. The molecule has 0 aliphatic rings. The minimum absolute atomic E-state index is 0.0486. The van der Waals surface area contributed by atoms with Gasteiger partial charge in [-0.05, 0) is 36.8 Å². The third kappa shape index (κ3) is 2.15. The molecule has 0 radical (unpaired) electrons. The quantitative estimate of drug-likeness (QED) is 0.847. The second-order valence-corrected chi connectivity index (χ2v) is 3.98. The van der Waals surface area contributed by atoms with Crippen LogP contribution in [0.3, 0.4) is 0 Å². The molecule has 0 aliphatic carbocycles. The second-order valence-electron chi connectivity index (χ2n) is 3.98. The number of primary amides is 1. The van der Waals surface area contributed by atoms with Gasteiger partial charge in [-0.15, -0.1) is 0 Å². The number of hydrogen-bond donors (Lipinski definition) is 2. The standard InChI is InChI=1S/C13H12FN3O/c1-7-2-3-8(9(14)6-7)11-5-4-10(15)12(17-11)13(16)18/h2-6H,15H2,1H3,(H2,16,18). The van der Waals surface area contributed by atoms with Gasteiger partial charge in [0.05, 0.1) is 11.4 Å². The Morgan fingerprint density at radius 1 is 1.28 bits per heavy atom. The molecule has 1 heterocycles. The van der Waals surface area contributed by atoms with Gasteiger partial charge in [-0.2, -0.15) is 0 Å². The minimum atomic E-state index is -0.734. The fraction of sp³-hybridized carbons (Fsp3) is 0.0769. The molecule has 2 rings (SSSR count). The van der Waals surface area contributed by atoms with Crippen LogP contribution in [0.1, 0.15) is 16.1 Å². The number of nitrogens with two attached hydrogens (primary N) is 2. The Morgan fingerprint density at radius 2 is 2.00 bits per heavy atom. The van der Waals surface area contributed by atoms with Crippen LogP contribution in [0.15, 0.2) is 30.3 Å². The molecular weight excluding hydrogens is 233 g/mol. The van der Waals surface area contributed by atoms with Crippen LogP contribution < -0.4 is 11.5 Å². The van der Waals surface area contributed by atoms with Gasteiger partial charge in [0.25, 0.3) is 5.91 Å². The van der Waals surface area contributed by atoms with Gasteiger partial charge < -0.3 is 11.5 Å². The van der Waals surface area contributed by atoms with Gasteiger partial charge in [-0.1, -0.05) is 6.07 Å². The molecule has 2 aromatic rings. The Bertz CT molecular complexity index is 626. The maximum absolute atomic E-state index is 13.8. The highest BCUT2D eigenvalue weighted by atomic mass is 19.1. The van der Waals surface area contributed by atoms with Crippen molar-refractivity contribution in [1.29, 1.82) is 0 Å². The van der Waals surface area contributed by atoms with Crippen LogP contribution in [-0.4, -0.2) is 10.9 Å². The van der Waals surface area contributed by atoms with Gasteiger partial charge in [0, 0.05) is 5.56 Å². The van der Waals surface area contributed by atoms with Crippen LogP contribution in [0.4, 0.5) is 10.1 Å². The smallest absolute Gasteiger partial charge is 0.269 e. The van der Waals surface area contributed by atoms with E-state index in [9.17, 15) is 9.18 Å². The summed E-state index contributed by atoms with van der Waals surface area (Å²) in [6, 6.07) is 7.81. The summed E-state index contributed by atoms with van der Waals surface area (Å²) < 4.78 is 13.8. The number of benzene rings is 1. The van der Waals surface area contributed by atoms with Gasteiger partial charge in [0.2, 0.25) is 0 Å². The number of carbonyl (C=O) groups excluding carboxylic acids is 1. The molecule has 4 N–H and O–H groups in total. The number of rotatable bonds is 2. The van der Waals surface area contributed by atoms with Crippen molar-refractivity contribution >= 4 is 11.6 Å². The van der Waals surface area contributed by atoms with Crippen molar-refractivity contribution in [3.8, 4) is 11.3 Å². The Balaban J connectivity index is 2.58. The number of carbonyl (C=O) groups is 1. The van der Waals surface area contributed by atoms with E-state index in [1.165, 1.54) is 12.1 Å². The highest BCUT2D eigenvalue weighted by molar-refractivity contribution is 5.96. The lowest BCUT2D eigenvalue weighted by atomic mass is 10.1. The Labute approximate surface area is 103 Å². The van der Waals surface area contributed by atoms with Crippen molar-refractivity contribution < 1.29 is 9.18 Å². The van der Waals surface area contributed by atoms with Crippen molar-refractivity contribution in [3.05, 3.63) is 47.4 Å². The summed E-state index contributed by atoms with van der Waals surface area (Å²) in [6.45, 7) is 1.79. The minimum Gasteiger partial charge on any atom is -0.397 e. The predicted octanol–water partition coefficient (Wildman–Crippen LogP) is 1.88. The first-order chi connectivity index (χ1) is 8.49. The van der Waals surface area contributed by atoms with Crippen LogP contribution in [0, 0.1) is 12.7 Å². The van der Waals surface area contributed by atoms with Crippen molar-refractivity contribution in [2.75, 3.05) is 5.73 Å². The molecule has 1 aromatic heterocycles. The molecule has 0 aliphatic heterocycles. The number of halogens is 1. The van der Waals surface area contributed by atoms with Crippen LogP contribution in [-0.2, 0) is 0 Å². The average molecular weight is 245 g/mol. The SMILES string of the molecule is Cc1ccc(-c2ccc(N)c(C(N)=O)n2)c(F)c1. The van der Waals surface area contributed by atoms with Crippen molar-refractivity contribution in [3.63, 3.8) is 0 Å². The molecule has 0 saturated carbocycles. The van der Waals surface area contributed by atoms with Gasteiger partial charge in [0.15, 0.2) is 5.69 Å². The third-order valence-electron chi connectivity index (χ3n) is 2.56. The number of aryl methyl sites for hydroxylation is 1. The molecule has 1 aromatic carbocycles. The summed E-state index contributed by atoms with van der Waals surface area (Å²) in [5.41, 5.74) is 12.3. The molecule has 5 heteroatoms. The topological polar surface area (TPSA) is 82.0 Å². The van der Waals surface area contributed by atoms with E-state index in [4.69, 9.17) is 11.5 Å². The summed E-state index contributed by atoms with van der Waals surface area (Å²) in [5, 5.41) is 0.